The summed E-state index contributed by atoms with van der Waals surface area (Å²) in [5.74, 6) is 0.484. The Morgan fingerprint density at radius 2 is 2.00 bits per heavy atom. The predicted molar refractivity (Wildman–Crippen MR) is 117 cm³/mol. The van der Waals surface area contributed by atoms with Gasteiger partial charge in [-0.15, -0.1) is 0 Å². The molecular weight excluding hydrogens is 362 g/mol. The van der Waals surface area contributed by atoms with Crippen LogP contribution in [-0.4, -0.2) is 23.7 Å². The topological polar surface area (TPSA) is 80.1 Å². The number of nitrogens with one attached hydrogen (secondary N) is 2. The number of hydrogen-bond acceptors (Lipinski definition) is 3. The molecule has 0 aliphatic carbocycles. The van der Waals surface area contributed by atoms with Crippen molar-refractivity contribution in [2.75, 3.05) is 6.54 Å². The number of benzene rings is 2. The molecule has 1 aromatic heterocycles. The van der Waals surface area contributed by atoms with Gasteiger partial charge in [-0.3, -0.25) is 0 Å². The predicted octanol–water partition coefficient (Wildman–Crippen LogP) is 4.78. The van der Waals surface area contributed by atoms with Crippen LogP contribution in [0.15, 0.2) is 60.8 Å². The second kappa shape index (κ2) is 8.97. The van der Waals surface area contributed by atoms with Crippen LogP contribution in [0.2, 0.25) is 0 Å². The molecule has 1 amide bonds. The molecule has 0 saturated heterocycles. The quantitative estimate of drug-likeness (QED) is 0.509. The van der Waals surface area contributed by atoms with Crippen LogP contribution in [0, 0.1) is 0 Å². The third-order valence-electron chi connectivity index (χ3n) is 5.57. The number of aromatic nitrogens is 1. The number of primary amides is 1. The molecule has 3 aromatic rings. The van der Waals surface area contributed by atoms with E-state index in [4.69, 9.17) is 10.5 Å². The molecule has 0 saturated carbocycles. The summed E-state index contributed by atoms with van der Waals surface area (Å²) in [6, 6.07) is 16.8. The first-order valence-corrected chi connectivity index (χ1v) is 10.2. The average molecular weight is 389 g/mol. The highest BCUT2D eigenvalue weighted by Gasteiger charge is 2.15. The first-order valence-electron chi connectivity index (χ1n) is 10.2. The molecule has 5 nitrogen and oxygen atoms in total. The molecule has 29 heavy (non-hydrogen) atoms. The molecule has 150 valence electrons. The third kappa shape index (κ3) is 4.87. The van der Waals surface area contributed by atoms with Crippen molar-refractivity contribution in [1.29, 1.82) is 0 Å². The fourth-order valence-corrected chi connectivity index (χ4v) is 4.11. The summed E-state index contributed by atoms with van der Waals surface area (Å²) < 4.78 is 5.01. The van der Waals surface area contributed by atoms with E-state index in [1.165, 1.54) is 29.5 Å². The molecule has 1 aliphatic rings. The number of amides is 1. The van der Waals surface area contributed by atoms with Crippen molar-refractivity contribution in [1.82, 2.24) is 10.3 Å². The second-order valence-corrected chi connectivity index (χ2v) is 7.59. The van der Waals surface area contributed by atoms with Gasteiger partial charge in [-0.25, -0.2) is 4.79 Å². The Morgan fingerprint density at radius 1 is 1.14 bits per heavy atom. The minimum absolute atomic E-state index is 0.484. The van der Waals surface area contributed by atoms with Crippen molar-refractivity contribution in [3.63, 3.8) is 0 Å². The van der Waals surface area contributed by atoms with Crippen LogP contribution in [0.5, 0.6) is 5.75 Å². The lowest BCUT2D eigenvalue weighted by Gasteiger charge is -2.24. The molecule has 0 radical (unpaired) electrons. The summed E-state index contributed by atoms with van der Waals surface area (Å²) in [5, 5.41) is 4.72. The number of unbranched alkanes of at least 4 members (excludes halogenated alkanes) is 1. The lowest BCUT2D eigenvalue weighted by atomic mass is 9.92. The molecule has 1 atom stereocenters. The number of H-pyrrole nitrogens is 1. The molecule has 2 heterocycles. The van der Waals surface area contributed by atoms with Crippen LogP contribution >= 0.6 is 0 Å². The largest absolute Gasteiger partial charge is 0.410 e. The van der Waals surface area contributed by atoms with E-state index in [1.807, 2.05) is 18.3 Å². The maximum atomic E-state index is 11.0. The second-order valence-electron chi connectivity index (χ2n) is 7.59. The van der Waals surface area contributed by atoms with E-state index >= 15 is 0 Å². The van der Waals surface area contributed by atoms with Gasteiger partial charge in [0.2, 0.25) is 0 Å². The van der Waals surface area contributed by atoms with Crippen molar-refractivity contribution in [3.8, 4) is 5.75 Å². The zero-order valence-electron chi connectivity index (χ0n) is 16.5. The summed E-state index contributed by atoms with van der Waals surface area (Å²) in [6.45, 7) is 0.944. The highest BCUT2D eigenvalue weighted by atomic mass is 16.5. The molecule has 1 unspecified atom stereocenters. The van der Waals surface area contributed by atoms with E-state index in [1.54, 1.807) is 6.07 Å². The van der Waals surface area contributed by atoms with Gasteiger partial charge in [-0.05, 0) is 60.6 Å². The van der Waals surface area contributed by atoms with Gasteiger partial charge >= 0.3 is 6.09 Å². The van der Waals surface area contributed by atoms with Gasteiger partial charge in [0.05, 0.1) is 0 Å². The van der Waals surface area contributed by atoms with Crippen LogP contribution in [0.1, 0.15) is 36.8 Å². The molecule has 4 N–H and O–H groups in total. The third-order valence-corrected chi connectivity index (χ3v) is 5.57. The van der Waals surface area contributed by atoms with E-state index in [0.29, 0.717) is 11.8 Å². The minimum atomic E-state index is -0.787. The molecule has 1 aliphatic heterocycles. The Bertz CT molecular complexity index is 1010. The van der Waals surface area contributed by atoms with E-state index in [-0.39, 0.29) is 0 Å². The summed E-state index contributed by atoms with van der Waals surface area (Å²) in [7, 11) is 0. The standard InChI is InChI=1S/C24H27N3O2/c25-24(28)29-21-10-11-23-22(15-21)19(16-27-23)8-4-5-9-20-14-18(12-13-26-20)17-6-2-1-3-7-17/h1-3,6-7,10-12,15-16,20,26-27H,4-5,8-9,13-14H2,(H2,25,28). The number of fused-ring (bicyclic) bond motifs is 1. The minimum Gasteiger partial charge on any atom is -0.410 e. The Hall–Kier alpha value is -3.05. The lowest BCUT2D eigenvalue weighted by Crippen LogP contribution is -2.32. The van der Waals surface area contributed by atoms with Gasteiger partial charge in [0, 0.05) is 29.7 Å². The Labute approximate surface area is 170 Å². The number of aromatic amines is 1. The molecule has 0 fully saturated rings. The fraction of sp³-hybridized carbons (Fsp3) is 0.292. The first kappa shape index (κ1) is 19.3. The smallest absolute Gasteiger partial charge is 0.409 e. The van der Waals surface area contributed by atoms with Gasteiger partial charge in [-0.2, -0.15) is 0 Å². The summed E-state index contributed by atoms with van der Waals surface area (Å²) in [5.41, 5.74) is 10.2. The summed E-state index contributed by atoms with van der Waals surface area (Å²) in [4.78, 5) is 14.3. The Morgan fingerprint density at radius 3 is 2.83 bits per heavy atom. The highest BCUT2D eigenvalue weighted by molar-refractivity contribution is 5.85. The molecule has 4 rings (SSSR count). The number of carbonyl (C=O) groups excluding carboxylic acids is 1. The number of rotatable bonds is 7. The van der Waals surface area contributed by atoms with Gasteiger partial charge in [0.1, 0.15) is 5.75 Å². The molecular formula is C24H27N3O2. The number of nitrogens with two attached hydrogens (primary N) is 1. The highest BCUT2D eigenvalue weighted by Crippen LogP contribution is 2.27. The van der Waals surface area contributed by atoms with Gasteiger partial charge in [-0.1, -0.05) is 42.8 Å². The van der Waals surface area contributed by atoms with Crippen molar-refractivity contribution in [3.05, 3.63) is 71.9 Å². The van der Waals surface area contributed by atoms with Crippen molar-refractivity contribution >= 4 is 22.6 Å². The van der Waals surface area contributed by atoms with Gasteiger partial charge in [0.25, 0.3) is 0 Å². The van der Waals surface area contributed by atoms with E-state index in [2.05, 4.69) is 46.7 Å². The maximum Gasteiger partial charge on any atom is 0.409 e. The van der Waals surface area contributed by atoms with Crippen LogP contribution < -0.4 is 15.8 Å². The van der Waals surface area contributed by atoms with Crippen molar-refractivity contribution in [2.45, 2.75) is 38.1 Å². The van der Waals surface area contributed by atoms with Gasteiger partial charge in [0.15, 0.2) is 0 Å². The zero-order chi connectivity index (χ0) is 20.1. The number of hydrogen-bond donors (Lipinski definition) is 3. The lowest BCUT2D eigenvalue weighted by molar-refractivity contribution is 0.211. The first-order chi connectivity index (χ1) is 14.2. The number of aryl methyl sites for hydroxylation is 1. The van der Waals surface area contributed by atoms with E-state index in [9.17, 15) is 4.79 Å². The number of ether oxygens (including phenoxy) is 1. The van der Waals surface area contributed by atoms with E-state index in [0.717, 1.165) is 36.7 Å². The van der Waals surface area contributed by atoms with Crippen molar-refractivity contribution in [2.24, 2.45) is 5.73 Å². The molecule has 2 aromatic carbocycles. The zero-order valence-corrected chi connectivity index (χ0v) is 16.5. The Balaban J connectivity index is 1.29. The summed E-state index contributed by atoms with van der Waals surface area (Å²) >= 11 is 0. The van der Waals surface area contributed by atoms with Crippen LogP contribution in [0.25, 0.3) is 16.5 Å². The average Bonchev–Trinajstić information content (AvgIpc) is 3.14. The molecule has 5 heteroatoms. The van der Waals surface area contributed by atoms with Crippen LogP contribution in [-0.2, 0) is 6.42 Å². The SMILES string of the molecule is NC(=O)Oc1ccc2[nH]cc(CCCCC3CC(c4ccccc4)=CCN3)c2c1. The van der Waals surface area contributed by atoms with Crippen molar-refractivity contribution < 1.29 is 9.53 Å². The van der Waals surface area contributed by atoms with Crippen LogP contribution in [0.3, 0.4) is 0 Å². The maximum absolute atomic E-state index is 11.0. The van der Waals surface area contributed by atoms with Gasteiger partial charge < -0.3 is 20.8 Å². The summed E-state index contributed by atoms with van der Waals surface area (Å²) in [6.07, 6.45) is 9.12. The Kier molecular flexibility index (Phi) is 5.96. The molecule has 0 bridgehead atoms. The van der Waals surface area contributed by atoms with Crippen LogP contribution in [0.4, 0.5) is 4.79 Å². The monoisotopic (exact) mass is 389 g/mol. The number of carbonyl (C=O) groups is 1. The fourth-order valence-electron chi connectivity index (χ4n) is 4.11. The normalized spacial score (nSPS) is 16.6. The molecule has 0 spiro atoms. The van der Waals surface area contributed by atoms with E-state index < -0.39 is 6.09 Å².